The van der Waals surface area contributed by atoms with Crippen molar-refractivity contribution in [2.45, 2.75) is 0 Å². The van der Waals surface area contributed by atoms with Gasteiger partial charge in [0.15, 0.2) is 11.6 Å². The van der Waals surface area contributed by atoms with Gasteiger partial charge in [-0.05, 0) is 30.4 Å². The SMILES string of the molecule is Fc1ccc(-c2cn[nH]c(=S)n2)cc1F. The molecule has 15 heavy (non-hydrogen) atoms. The van der Waals surface area contributed by atoms with Crippen molar-refractivity contribution >= 4 is 12.2 Å². The summed E-state index contributed by atoms with van der Waals surface area (Å²) in [7, 11) is 0. The fraction of sp³-hybridized carbons (Fsp3) is 0. The van der Waals surface area contributed by atoms with Gasteiger partial charge in [0.2, 0.25) is 4.77 Å². The molecule has 1 N–H and O–H groups in total. The molecule has 1 aromatic heterocycles. The molecule has 0 atom stereocenters. The van der Waals surface area contributed by atoms with E-state index < -0.39 is 11.6 Å². The van der Waals surface area contributed by atoms with Crippen molar-refractivity contribution in [3.63, 3.8) is 0 Å². The van der Waals surface area contributed by atoms with Crippen LogP contribution in [0.1, 0.15) is 0 Å². The van der Waals surface area contributed by atoms with Crippen LogP contribution in [0.25, 0.3) is 11.3 Å². The number of nitrogens with zero attached hydrogens (tertiary/aromatic N) is 2. The first-order chi connectivity index (χ1) is 7.16. The maximum atomic E-state index is 12.9. The number of aromatic amines is 1. The molecule has 0 aliphatic heterocycles. The van der Waals surface area contributed by atoms with Crippen LogP contribution in [0, 0.1) is 16.4 Å². The second-order valence-electron chi connectivity index (χ2n) is 2.80. The Morgan fingerprint density at radius 2 is 2.00 bits per heavy atom. The Labute approximate surface area is 88.8 Å². The van der Waals surface area contributed by atoms with Crippen molar-refractivity contribution in [3.05, 3.63) is 40.8 Å². The Morgan fingerprint density at radius 1 is 1.20 bits per heavy atom. The molecular weight excluding hydrogens is 220 g/mol. The molecule has 6 heteroatoms. The van der Waals surface area contributed by atoms with Crippen molar-refractivity contribution in [2.75, 3.05) is 0 Å². The predicted molar refractivity (Wildman–Crippen MR) is 52.6 cm³/mol. The molecule has 1 aromatic carbocycles. The van der Waals surface area contributed by atoms with E-state index in [1.165, 1.54) is 12.3 Å². The highest BCUT2D eigenvalue weighted by Crippen LogP contribution is 2.17. The summed E-state index contributed by atoms with van der Waals surface area (Å²) in [4.78, 5) is 3.92. The summed E-state index contributed by atoms with van der Waals surface area (Å²) in [5.74, 6) is -1.82. The van der Waals surface area contributed by atoms with Crippen LogP contribution in [0.5, 0.6) is 0 Å². The zero-order valence-electron chi connectivity index (χ0n) is 7.37. The zero-order valence-corrected chi connectivity index (χ0v) is 8.18. The molecule has 0 bridgehead atoms. The summed E-state index contributed by atoms with van der Waals surface area (Å²) >= 11 is 4.76. The van der Waals surface area contributed by atoms with E-state index in [4.69, 9.17) is 12.2 Å². The molecule has 2 aromatic rings. The molecule has 0 unspecified atom stereocenters. The number of aromatic nitrogens is 3. The van der Waals surface area contributed by atoms with Crippen LogP contribution in [0.4, 0.5) is 8.78 Å². The molecule has 0 aliphatic carbocycles. The van der Waals surface area contributed by atoms with E-state index in [0.29, 0.717) is 11.3 Å². The molecule has 0 radical (unpaired) electrons. The second kappa shape index (κ2) is 3.82. The Bertz CT molecular complexity index is 553. The van der Waals surface area contributed by atoms with Gasteiger partial charge in [0.1, 0.15) is 0 Å². The highest BCUT2D eigenvalue weighted by atomic mass is 32.1. The fourth-order valence-electron chi connectivity index (χ4n) is 1.11. The summed E-state index contributed by atoms with van der Waals surface area (Å²) in [5.41, 5.74) is 0.833. The molecule has 76 valence electrons. The summed E-state index contributed by atoms with van der Waals surface area (Å²) < 4.78 is 25.8. The van der Waals surface area contributed by atoms with Crippen LogP contribution in [0.2, 0.25) is 0 Å². The van der Waals surface area contributed by atoms with Gasteiger partial charge in [0, 0.05) is 5.56 Å². The van der Waals surface area contributed by atoms with Crippen LogP contribution >= 0.6 is 12.2 Å². The Morgan fingerprint density at radius 3 is 2.67 bits per heavy atom. The van der Waals surface area contributed by atoms with Gasteiger partial charge in [0.25, 0.3) is 0 Å². The molecule has 0 saturated heterocycles. The summed E-state index contributed by atoms with van der Waals surface area (Å²) in [6.45, 7) is 0. The molecule has 1 heterocycles. The van der Waals surface area contributed by atoms with E-state index in [0.717, 1.165) is 12.1 Å². The molecule has 0 spiro atoms. The lowest BCUT2D eigenvalue weighted by Gasteiger charge is -1.99. The number of hydrogen-bond acceptors (Lipinski definition) is 3. The largest absolute Gasteiger partial charge is 0.252 e. The first kappa shape index (κ1) is 9.85. The Kier molecular flexibility index (Phi) is 2.51. The van der Waals surface area contributed by atoms with E-state index in [9.17, 15) is 8.78 Å². The molecule has 0 aliphatic rings. The monoisotopic (exact) mass is 225 g/mol. The average Bonchev–Trinajstić information content (AvgIpc) is 2.22. The average molecular weight is 225 g/mol. The quantitative estimate of drug-likeness (QED) is 0.758. The molecule has 3 nitrogen and oxygen atoms in total. The van der Waals surface area contributed by atoms with Gasteiger partial charge in [-0.2, -0.15) is 5.10 Å². The highest BCUT2D eigenvalue weighted by molar-refractivity contribution is 7.71. The number of H-pyrrole nitrogens is 1. The van der Waals surface area contributed by atoms with Crippen LogP contribution in [0.15, 0.2) is 24.4 Å². The third-order valence-corrected chi connectivity index (χ3v) is 1.97. The Hall–Kier alpha value is -1.69. The second-order valence-corrected chi connectivity index (χ2v) is 3.19. The van der Waals surface area contributed by atoms with Crippen LogP contribution < -0.4 is 0 Å². The van der Waals surface area contributed by atoms with E-state index in [1.54, 1.807) is 0 Å². The normalized spacial score (nSPS) is 10.3. The van der Waals surface area contributed by atoms with Crippen molar-refractivity contribution in [1.82, 2.24) is 15.2 Å². The van der Waals surface area contributed by atoms with Crippen molar-refractivity contribution in [2.24, 2.45) is 0 Å². The molecular formula is C9H5F2N3S. The third-order valence-electron chi connectivity index (χ3n) is 1.78. The molecule has 0 amide bonds. The number of rotatable bonds is 1. The van der Waals surface area contributed by atoms with Gasteiger partial charge < -0.3 is 0 Å². The van der Waals surface area contributed by atoms with E-state index in [2.05, 4.69) is 15.2 Å². The smallest absolute Gasteiger partial charge is 0.214 e. The number of hydrogen-bond donors (Lipinski definition) is 1. The van der Waals surface area contributed by atoms with Crippen molar-refractivity contribution in [3.8, 4) is 11.3 Å². The highest BCUT2D eigenvalue weighted by Gasteiger charge is 2.05. The summed E-state index contributed by atoms with van der Waals surface area (Å²) in [6, 6.07) is 3.50. The topological polar surface area (TPSA) is 41.6 Å². The number of benzene rings is 1. The predicted octanol–water partition coefficient (Wildman–Crippen LogP) is 2.48. The van der Waals surface area contributed by atoms with Gasteiger partial charge in [-0.3, -0.25) is 5.10 Å². The lowest BCUT2D eigenvalue weighted by molar-refractivity contribution is 0.509. The maximum absolute atomic E-state index is 12.9. The standard InChI is InChI=1S/C9H5F2N3S/c10-6-2-1-5(3-7(6)11)8-4-12-14-9(15)13-8/h1-4H,(H,13,14,15). The zero-order chi connectivity index (χ0) is 10.8. The third kappa shape index (κ3) is 2.04. The summed E-state index contributed by atoms with van der Waals surface area (Å²) in [6.07, 6.45) is 1.39. The minimum atomic E-state index is -0.923. The van der Waals surface area contributed by atoms with Gasteiger partial charge in [-0.1, -0.05) is 0 Å². The van der Waals surface area contributed by atoms with E-state index >= 15 is 0 Å². The van der Waals surface area contributed by atoms with Crippen molar-refractivity contribution < 1.29 is 8.78 Å². The van der Waals surface area contributed by atoms with Gasteiger partial charge in [-0.15, -0.1) is 0 Å². The minimum absolute atomic E-state index is 0.192. The van der Waals surface area contributed by atoms with Gasteiger partial charge in [-0.25, -0.2) is 13.8 Å². The van der Waals surface area contributed by atoms with Crippen molar-refractivity contribution in [1.29, 1.82) is 0 Å². The first-order valence-electron chi connectivity index (χ1n) is 4.04. The van der Waals surface area contributed by atoms with Crippen LogP contribution in [0.3, 0.4) is 0 Å². The van der Waals surface area contributed by atoms with Gasteiger partial charge >= 0.3 is 0 Å². The van der Waals surface area contributed by atoms with E-state index in [-0.39, 0.29) is 4.77 Å². The molecule has 0 saturated carbocycles. The molecule has 2 rings (SSSR count). The molecule has 0 fully saturated rings. The lowest BCUT2D eigenvalue weighted by atomic mass is 10.1. The number of halogens is 2. The Balaban J connectivity index is 2.55. The minimum Gasteiger partial charge on any atom is -0.252 e. The first-order valence-corrected chi connectivity index (χ1v) is 4.45. The van der Waals surface area contributed by atoms with Crippen LogP contribution in [-0.4, -0.2) is 15.2 Å². The fourth-order valence-corrected chi connectivity index (χ4v) is 1.26. The summed E-state index contributed by atoms with van der Waals surface area (Å²) in [5, 5.41) is 6.16. The van der Waals surface area contributed by atoms with Crippen LogP contribution in [-0.2, 0) is 0 Å². The van der Waals surface area contributed by atoms with E-state index in [1.807, 2.05) is 0 Å². The van der Waals surface area contributed by atoms with Gasteiger partial charge in [0.05, 0.1) is 11.9 Å². The maximum Gasteiger partial charge on any atom is 0.214 e. The number of nitrogens with one attached hydrogen (secondary N) is 1. The lowest BCUT2D eigenvalue weighted by Crippen LogP contribution is -1.91.